The number of unbranched alkanes of at least 4 members (excludes halogenated alkanes) is 53. The van der Waals surface area contributed by atoms with Crippen molar-refractivity contribution in [3.05, 3.63) is 12.2 Å². The van der Waals surface area contributed by atoms with Crippen molar-refractivity contribution in [3.8, 4) is 0 Å². The summed E-state index contributed by atoms with van der Waals surface area (Å²) in [5, 5.41) is 23.2. The average molecular weight is 1040 g/mol. The van der Waals surface area contributed by atoms with Crippen LogP contribution in [0.5, 0.6) is 0 Å². The third-order valence-electron chi connectivity index (χ3n) is 16.1. The van der Waals surface area contributed by atoms with E-state index in [0.717, 1.165) is 38.5 Å². The van der Waals surface area contributed by atoms with Crippen molar-refractivity contribution in [3.63, 3.8) is 0 Å². The molecule has 0 saturated carbocycles. The number of carbonyl (C=O) groups is 2. The highest BCUT2D eigenvalue weighted by atomic mass is 16.5. The molecule has 0 bridgehead atoms. The molecule has 0 spiro atoms. The van der Waals surface area contributed by atoms with E-state index in [1.807, 2.05) is 6.08 Å². The van der Waals surface area contributed by atoms with E-state index in [1.165, 1.54) is 321 Å². The lowest BCUT2D eigenvalue weighted by atomic mass is 10.0. The van der Waals surface area contributed by atoms with Crippen LogP contribution in [0.15, 0.2) is 12.2 Å². The predicted molar refractivity (Wildman–Crippen MR) is 324 cm³/mol. The number of aliphatic hydroxyl groups is 2. The Morgan fingerprint density at radius 2 is 0.622 bits per heavy atom. The molecule has 2 atom stereocenters. The molecule has 0 radical (unpaired) electrons. The second kappa shape index (κ2) is 64.1. The van der Waals surface area contributed by atoms with Crippen molar-refractivity contribution in [1.82, 2.24) is 5.32 Å². The summed E-state index contributed by atoms with van der Waals surface area (Å²) >= 11 is 0. The molecule has 0 aliphatic carbocycles. The van der Waals surface area contributed by atoms with Gasteiger partial charge in [-0.25, -0.2) is 0 Å². The van der Waals surface area contributed by atoms with Gasteiger partial charge in [0.2, 0.25) is 5.91 Å². The van der Waals surface area contributed by atoms with Gasteiger partial charge in [-0.1, -0.05) is 353 Å². The number of aliphatic hydroxyl groups excluding tert-OH is 2. The topological polar surface area (TPSA) is 95.9 Å². The number of amides is 1. The van der Waals surface area contributed by atoms with E-state index in [1.54, 1.807) is 6.08 Å². The number of rotatable bonds is 64. The van der Waals surface area contributed by atoms with Gasteiger partial charge in [0.15, 0.2) is 0 Å². The number of allylic oxidation sites excluding steroid dienone is 1. The van der Waals surface area contributed by atoms with Crippen LogP contribution in [0.1, 0.15) is 386 Å². The third-order valence-corrected chi connectivity index (χ3v) is 16.1. The Morgan fingerprint density at radius 3 is 0.919 bits per heavy atom. The molecule has 0 saturated heterocycles. The lowest BCUT2D eigenvalue weighted by Gasteiger charge is -2.20. The molecule has 0 aromatic rings. The van der Waals surface area contributed by atoms with Gasteiger partial charge in [0, 0.05) is 12.8 Å². The van der Waals surface area contributed by atoms with Crippen molar-refractivity contribution in [2.24, 2.45) is 0 Å². The zero-order valence-electron chi connectivity index (χ0n) is 50.4. The maximum Gasteiger partial charge on any atom is 0.305 e. The number of hydrogen-bond donors (Lipinski definition) is 3. The fourth-order valence-electron chi connectivity index (χ4n) is 10.9. The molecule has 0 fully saturated rings. The smallest absolute Gasteiger partial charge is 0.305 e. The summed E-state index contributed by atoms with van der Waals surface area (Å²) in [6.07, 6.45) is 78.5. The van der Waals surface area contributed by atoms with Gasteiger partial charge in [-0.3, -0.25) is 9.59 Å². The Hall–Kier alpha value is -1.40. The summed E-state index contributed by atoms with van der Waals surface area (Å²) in [6.45, 7) is 4.94. The zero-order valence-corrected chi connectivity index (χ0v) is 50.4. The van der Waals surface area contributed by atoms with Gasteiger partial charge in [0.25, 0.3) is 0 Å². The van der Waals surface area contributed by atoms with Gasteiger partial charge in [-0.05, 0) is 32.1 Å². The predicted octanol–water partition coefficient (Wildman–Crippen LogP) is 21.6. The maximum atomic E-state index is 12.5. The van der Waals surface area contributed by atoms with Crippen LogP contribution in [0.4, 0.5) is 0 Å². The lowest BCUT2D eigenvalue weighted by molar-refractivity contribution is -0.143. The first kappa shape index (κ1) is 72.6. The molecule has 74 heavy (non-hydrogen) atoms. The molecule has 0 heterocycles. The van der Waals surface area contributed by atoms with Crippen molar-refractivity contribution >= 4 is 11.9 Å². The van der Waals surface area contributed by atoms with E-state index in [2.05, 4.69) is 19.2 Å². The third kappa shape index (κ3) is 59.8. The number of nitrogens with one attached hydrogen (secondary N) is 1. The standard InChI is InChI=1S/C68H133NO5/c1-3-5-7-9-11-13-15-17-18-19-28-31-34-37-40-44-48-52-56-60-66(71)65(64-70)69-67(72)61-57-53-49-45-41-38-35-32-29-26-24-22-20-21-23-25-27-30-33-36-39-43-47-51-55-59-63-74-68(73)62-58-54-50-46-42-16-14-12-10-8-6-4-2/h56,60,65-66,70-71H,3-55,57-59,61-64H2,1-2H3,(H,69,72)/b60-56+. The Morgan fingerprint density at radius 1 is 0.365 bits per heavy atom. The second-order valence-electron chi connectivity index (χ2n) is 23.5. The summed E-state index contributed by atoms with van der Waals surface area (Å²) in [7, 11) is 0. The number of ether oxygens (including phenoxy) is 1. The number of hydrogen-bond acceptors (Lipinski definition) is 5. The van der Waals surface area contributed by atoms with Gasteiger partial charge >= 0.3 is 5.97 Å². The minimum absolute atomic E-state index is 0.0184. The summed E-state index contributed by atoms with van der Waals surface area (Å²) < 4.78 is 5.48. The molecule has 6 nitrogen and oxygen atoms in total. The molecule has 0 aromatic carbocycles. The molecule has 0 aromatic heterocycles. The molecule has 6 heteroatoms. The van der Waals surface area contributed by atoms with Gasteiger partial charge in [-0.15, -0.1) is 0 Å². The molecule has 440 valence electrons. The average Bonchev–Trinajstić information content (AvgIpc) is 3.40. The molecular weight excluding hydrogens is 911 g/mol. The molecule has 2 unspecified atom stereocenters. The van der Waals surface area contributed by atoms with E-state index in [9.17, 15) is 19.8 Å². The summed E-state index contributed by atoms with van der Waals surface area (Å²) in [5.74, 6) is -0.0434. The van der Waals surface area contributed by atoms with Gasteiger partial charge in [0.1, 0.15) is 0 Å². The molecular formula is C68H133NO5. The van der Waals surface area contributed by atoms with Crippen molar-refractivity contribution in [2.45, 2.75) is 398 Å². The maximum absolute atomic E-state index is 12.5. The highest BCUT2D eigenvalue weighted by molar-refractivity contribution is 5.76. The van der Waals surface area contributed by atoms with Gasteiger partial charge in [-0.2, -0.15) is 0 Å². The monoisotopic (exact) mass is 1040 g/mol. The van der Waals surface area contributed by atoms with Crippen LogP contribution in [0.2, 0.25) is 0 Å². The first-order valence-electron chi connectivity index (χ1n) is 34.0. The van der Waals surface area contributed by atoms with Crippen molar-refractivity contribution < 1.29 is 24.5 Å². The zero-order chi connectivity index (χ0) is 53.6. The second-order valence-corrected chi connectivity index (χ2v) is 23.5. The molecule has 0 rings (SSSR count). The van der Waals surface area contributed by atoms with Crippen molar-refractivity contribution in [1.29, 1.82) is 0 Å². The van der Waals surface area contributed by atoms with E-state index in [4.69, 9.17) is 4.74 Å². The summed E-state index contributed by atoms with van der Waals surface area (Å²) in [4.78, 5) is 24.5. The lowest BCUT2D eigenvalue weighted by Crippen LogP contribution is -2.45. The van der Waals surface area contributed by atoms with Crippen LogP contribution < -0.4 is 5.32 Å². The van der Waals surface area contributed by atoms with E-state index < -0.39 is 12.1 Å². The van der Waals surface area contributed by atoms with Crippen LogP contribution in [-0.4, -0.2) is 47.4 Å². The first-order chi connectivity index (χ1) is 36.5. The number of esters is 1. The van der Waals surface area contributed by atoms with Gasteiger partial charge in [0.05, 0.1) is 25.4 Å². The highest BCUT2D eigenvalue weighted by Crippen LogP contribution is 2.19. The molecule has 3 N–H and O–H groups in total. The molecule has 0 aliphatic heterocycles. The molecule has 0 aliphatic rings. The van der Waals surface area contributed by atoms with Crippen LogP contribution in [0.25, 0.3) is 0 Å². The Balaban J connectivity index is 3.37. The minimum Gasteiger partial charge on any atom is -0.466 e. The quantitative estimate of drug-likeness (QED) is 0.0320. The minimum atomic E-state index is -0.843. The highest BCUT2D eigenvalue weighted by Gasteiger charge is 2.18. The normalized spacial score (nSPS) is 12.5. The summed E-state index contributed by atoms with van der Waals surface area (Å²) in [5.41, 5.74) is 0. The molecule has 1 amide bonds. The van der Waals surface area contributed by atoms with Crippen LogP contribution in [-0.2, 0) is 14.3 Å². The largest absolute Gasteiger partial charge is 0.466 e. The van der Waals surface area contributed by atoms with E-state index in [0.29, 0.717) is 19.4 Å². The fourth-order valence-corrected chi connectivity index (χ4v) is 10.9. The summed E-state index contributed by atoms with van der Waals surface area (Å²) in [6, 6.07) is -0.626. The van der Waals surface area contributed by atoms with Crippen LogP contribution in [0.3, 0.4) is 0 Å². The van der Waals surface area contributed by atoms with Gasteiger partial charge < -0.3 is 20.3 Å². The van der Waals surface area contributed by atoms with E-state index in [-0.39, 0.29) is 18.5 Å². The SMILES string of the molecule is CCCCCCCCCCCCCCCCCCC/C=C/C(O)C(CO)NC(=O)CCCCCCCCCCCCCCCCCCCCCCCCCCCCOC(=O)CCCCCCCCCCCCCC. The number of carbonyl (C=O) groups excluding carboxylic acids is 2. The fraction of sp³-hybridized carbons (Fsp3) is 0.941. The van der Waals surface area contributed by atoms with Crippen LogP contribution >= 0.6 is 0 Å². The Bertz CT molecular complexity index is 1110. The van der Waals surface area contributed by atoms with Crippen LogP contribution in [0, 0.1) is 0 Å². The Labute approximate surface area is 463 Å². The first-order valence-corrected chi connectivity index (χ1v) is 34.0. The van der Waals surface area contributed by atoms with E-state index >= 15 is 0 Å². The van der Waals surface area contributed by atoms with Crippen molar-refractivity contribution in [2.75, 3.05) is 13.2 Å². The Kier molecular flexibility index (Phi) is 62.9.